The van der Waals surface area contributed by atoms with Gasteiger partial charge in [-0.25, -0.2) is 0 Å². The summed E-state index contributed by atoms with van der Waals surface area (Å²) in [5.41, 5.74) is 7.75. The summed E-state index contributed by atoms with van der Waals surface area (Å²) in [7, 11) is 0. The molecule has 1 N–H and O–H groups in total. The second-order valence-corrected chi connectivity index (χ2v) is 6.96. The molecule has 1 heterocycles. The number of anilines is 1. The van der Waals surface area contributed by atoms with Gasteiger partial charge in [0.2, 0.25) is 0 Å². The number of amides is 1. The molecule has 0 aliphatic rings. The van der Waals surface area contributed by atoms with E-state index in [1.54, 1.807) is 0 Å². The van der Waals surface area contributed by atoms with E-state index in [9.17, 15) is 4.79 Å². The summed E-state index contributed by atoms with van der Waals surface area (Å²) >= 11 is 0. The van der Waals surface area contributed by atoms with Crippen LogP contribution in [0.15, 0.2) is 42.5 Å². The Hall–Kier alpha value is -2.88. The zero-order valence-electron chi connectivity index (χ0n) is 16.1. The standard InChI is InChI=1S/C22H25N3O/c1-14-7-10-19(11-8-14)13-25-18(5)21(17(4)24-25)23-22(26)20-12-15(2)6-9-16(20)3/h6-12H,13H2,1-5H3,(H,23,26). The lowest BCUT2D eigenvalue weighted by Crippen LogP contribution is -2.15. The summed E-state index contributed by atoms with van der Waals surface area (Å²) in [6, 6.07) is 14.3. The van der Waals surface area contributed by atoms with Gasteiger partial charge in [0, 0.05) is 5.56 Å². The molecule has 0 atom stereocenters. The largest absolute Gasteiger partial charge is 0.319 e. The van der Waals surface area contributed by atoms with Crippen molar-refractivity contribution in [3.8, 4) is 0 Å². The summed E-state index contributed by atoms with van der Waals surface area (Å²) in [5.74, 6) is -0.0905. The van der Waals surface area contributed by atoms with Gasteiger partial charge in [0.15, 0.2) is 0 Å². The molecule has 0 fully saturated rings. The summed E-state index contributed by atoms with van der Waals surface area (Å²) in [6.07, 6.45) is 0. The molecule has 0 aliphatic carbocycles. The molecule has 0 bridgehead atoms. The van der Waals surface area contributed by atoms with Crippen LogP contribution < -0.4 is 5.32 Å². The molecule has 3 rings (SSSR count). The van der Waals surface area contributed by atoms with Crippen LogP contribution in [0.5, 0.6) is 0 Å². The van der Waals surface area contributed by atoms with Crippen molar-refractivity contribution < 1.29 is 4.79 Å². The van der Waals surface area contributed by atoms with Gasteiger partial charge in [-0.05, 0) is 51.8 Å². The molecule has 1 amide bonds. The lowest BCUT2D eigenvalue weighted by atomic mass is 10.0. The Balaban J connectivity index is 1.84. The summed E-state index contributed by atoms with van der Waals surface area (Å²) in [4.78, 5) is 12.7. The number of hydrogen-bond acceptors (Lipinski definition) is 2. The van der Waals surface area contributed by atoms with Gasteiger partial charge in [-0.2, -0.15) is 5.10 Å². The number of nitrogens with zero attached hydrogens (tertiary/aromatic N) is 2. The lowest BCUT2D eigenvalue weighted by Gasteiger charge is -2.10. The number of carbonyl (C=O) groups excluding carboxylic acids is 1. The highest BCUT2D eigenvalue weighted by molar-refractivity contribution is 6.06. The Morgan fingerprint density at radius 3 is 2.31 bits per heavy atom. The molecule has 0 saturated heterocycles. The summed E-state index contributed by atoms with van der Waals surface area (Å²) in [5, 5.41) is 7.67. The number of carbonyl (C=O) groups is 1. The molecule has 0 aliphatic heterocycles. The summed E-state index contributed by atoms with van der Waals surface area (Å²) < 4.78 is 1.94. The van der Waals surface area contributed by atoms with E-state index >= 15 is 0 Å². The fraction of sp³-hybridized carbons (Fsp3) is 0.273. The minimum atomic E-state index is -0.0905. The molecule has 3 aromatic rings. The lowest BCUT2D eigenvalue weighted by molar-refractivity contribution is 0.102. The number of benzene rings is 2. The number of nitrogens with one attached hydrogen (secondary N) is 1. The Kier molecular flexibility index (Phi) is 4.94. The number of aromatic nitrogens is 2. The van der Waals surface area contributed by atoms with Gasteiger partial charge in [0.1, 0.15) is 0 Å². The molecule has 26 heavy (non-hydrogen) atoms. The van der Waals surface area contributed by atoms with E-state index in [1.807, 2.05) is 50.6 Å². The van der Waals surface area contributed by atoms with Crippen molar-refractivity contribution in [1.82, 2.24) is 9.78 Å². The molecule has 4 heteroatoms. The monoisotopic (exact) mass is 347 g/mol. The van der Waals surface area contributed by atoms with Crippen molar-refractivity contribution in [2.24, 2.45) is 0 Å². The Labute approximate surface area is 154 Å². The molecule has 4 nitrogen and oxygen atoms in total. The molecule has 2 aromatic carbocycles. The fourth-order valence-corrected chi connectivity index (χ4v) is 3.06. The Morgan fingerprint density at radius 2 is 1.62 bits per heavy atom. The molecule has 0 spiro atoms. The molecule has 0 radical (unpaired) electrons. The number of rotatable bonds is 4. The second kappa shape index (κ2) is 7.16. The average molecular weight is 347 g/mol. The highest BCUT2D eigenvalue weighted by Gasteiger charge is 2.16. The predicted molar refractivity (Wildman–Crippen MR) is 106 cm³/mol. The van der Waals surface area contributed by atoms with Crippen molar-refractivity contribution in [3.63, 3.8) is 0 Å². The molecule has 1 aromatic heterocycles. The van der Waals surface area contributed by atoms with Gasteiger partial charge in [-0.1, -0.05) is 47.5 Å². The highest BCUT2D eigenvalue weighted by Crippen LogP contribution is 2.22. The van der Waals surface area contributed by atoms with Crippen molar-refractivity contribution >= 4 is 11.6 Å². The van der Waals surface area contributed by atoms with E-state index in [2.05, 4.69) is 41.6 Å². The SMILES string of the molecule is Cc1ccc(Cn2nc(C)c(NC(=O)c3cc(C)ccc3C)c2C)cc1. The van der Waals surface area contributed by atoms with Crippen LogP contribution in [0.2, 0.25) is 0 Å². The van der Waals surface area contributed by atoms with E-state index < -0.39 is 0 Å². The van der Waals surface area contributed by atoms with E-state index in [1.165, 1.54) is 11.1 Å². The van der Waals surface area contributed by atoms with Crippen molar-refractivity contribution in [1.29, 1.82) is 0 Å². The van der Waals surface area contributed by atoms with Crippen molar-refractivity contribution in [3.05, 3.63) is 81.7 Å². The van der Waals surface area contributed by atoms with Gasteiger partial charge in [-0.3, -0.25) is 9.48 Å². The summed E-state index contributed by atoms with van der Waals surface area (Å²) in [6.45, 7) is 10.6. The molecule has 0 saturated carbocycles. The first kappa shape index (κ1) is 17.9. The van der Waals surface area contributed by atoms with Crippen LogP contribution >= 0.6 is 0 Å². The van der Waals surface area contributed by atoms with Crippen LogP contribution in [0, 0.1) is 34.6 Å². The zero-order chi connectivity index (χ0) is 18.8. The molecular formula is C22H25N3O. The minimum absolute atomic E-state index is 0.0905. The van der Waals surface area contributed by atoms with E-state index in [0.29, 0.717) is 12.1 Å². The normalized spacial score (nSPS) is 10.8. The molecule has 134 valence electrons. The third kappa shape index (κ3) is 3.69. The fourth-order valence-electron chi connectivity index (χ4n) is 3.06. The van der Waals surface area contributed by atoms with Crippen LogP contribution in [0.3, 0.4) is 0 Å². The van der Waals surface area contributed by atoms with Crippen molar-refractivity contribution in [2.45, 2.75) is 41.2 Å². The van der Waals surface area contributed by atoms with Crippen LogP contribution in [0.1, 0.15) is 44.0 Å². The van der Waals surface area contributed by atoms with Crippen LogP contribution in [-0.2, 0) is 6.54 Å². The van der Waals surface area contributed by atoms with Crippen molar-refractivity contribution in [2.75, 3.05) is 5.32 Å². The van der Waals surface area contributed by atoms with E-state index in [-0.39, 0.29) is 5.91 Å². The zero-order valence-corrected chi connectivity index (χ0v) is 16.1. The average Bonchev–Trinajstić information content (AvgIpc) is 2.86. The smallest absolute Gasteiger partial charge is 0.256 e. The number of hydrogen-bond donors (Lipinski definition) is 1. The van der Waals surface area contributed by atoms with Crippen LogP contribution in [0.4, 0.5) is 5.69 Å². The topological polar surface area (TPSA) is 46.9 Å². The Morgan fingerprint density at radius 1 is 0.962 bits per heavy atom. The maximum absolute atomic E-state index is 12.7. The first-order chi connectivity index (χ1) is 12.3. The minimum Gasteiger partial charge on any atom is -0.319 e. The first-order valence-electron chi connectivity index (χ1n) is 8.83. The second-order valence-electron chi connectivity index (χ2n) is 6.96. The maximum atomic E-state index is 12.7. The van der Waals surface area contributed by atoms with Crippen LogP contribution in [-0.4, -0.2) is 15.7 Å². The van der Waals surface area contributed by atoms with E-state index in [4.69, 9.17) is 0 Å². The van der Waals surface area contributed by atoms with Gasteiger partial charge in [0.25, 0.3) is 5.91 Å². The van der Waals surface area contributed by atoms with Gasteiger partial charge in [-0.15, -0.1) is 0 Å². The third-order valence-corrected chi connectivity index (χ3v) is 4.71. The van der Waals surface area contributed by atoms with Gasteiger partial charge in [0.05, 0.1) is 23.6 Å². The third-order valence-electron chi connectivity index (χ3n) is 4.71. The predicted octanol–water partition coefficient (Wildman–Crippen LogP) is 4.73. The number of aryl methyl sites for hydroxylation is 4. The Bertz CT molecular complexity index is 952. The van der Waals surface area contributed by atoms with Gasteiger partial charge >= 0.3 is 0 Å². The maximum Gasteiger partial charge on any atom is 0.256 e. The van der Waals surface area contributed by atoms with E-state index in [0.717, 1.165) is 28.2 Å². The first-order valence-corrected chi connectivity index (χ1v) is 8.83. The van der Waals surface area contributed by atoms with Crippen LogP contribution in [0.25, 0.3) is 0 Å². The quantitative estimate of drug-likeness (QED) is 0.742. The molecular weight excluding hydrogens is 322 g/mol. The molecule has 0 unspecified atom stereocenters. The highest BCUT2D eigenvalue weighted by atomic mass is 16.1. The van der Waals surface area contributed by atoms with Gasteiger partial charge < -0.3 is 5.32 Å².